The van der Waals surface area contributed by atoms with Gasteiger partial charge in [-0.25, -0.2) is 9.67 Å². The van der Waals surface area contributed by atoms with Crippen molar-refractivity contribution in [3.8, 4) is 0 Å². The van der Waals surface area contributed by atoms with Gasteiger partial charge in [0.15, 0.2) is 0 Å². The summed E-state index contributed by atoms with van der Waals surface area (Å²) in [5.74, 6) is 1.72. The zero-order valence-electron chi connectivity index (χ0n) is 15.0. The van der Waals surface area contributed by atoms with Crippen molar-refractivity contribution in [3.05, 3.63) is 41.3 Å². The molecule has 3 heterocycles. The summed E-state index contributed by atoms with van der Waals surface area (Å²) in [5, 5.41) is 7.94. The summed E-state index contributed by atoms with van der Waals surface area (Å²) in [7, 11) is 0. The zero-order valence-corrected chi connectivity index (χ0v) is 15.0. The summed E-state index contributed by atoms with van der Waals surface area (Å²) in [6.45, 7) is 2.05. The Morgan fingerprint density at radius 1 is 1.15 bits per heavy atom. The molecule has 1 fully saturated rings. The lowest BCUT2D eigenvalue weighted by molar-refractivity contribution is -0.116. The molecule has 2 aromatic heterocycles. The summed E-state index contributed by atoms with van der Waals surface area (Å²) in [4.78, 5) is 20.6. The number of nitrogens with zero attached hydrogens (tertiary/aromatic N) is 3. The molecule has 6 heteroatoms. The Morgan fingerprint density at radius 2 is 1.96 bits per heavy atom. The quantitative estimate of drug-likeness (QED) is 0.733. The molecule has 0 radical (unpaired) electrons. The van der Waals surface area contributed by atoms with E-state index in [2.05, 4.69) is 15.0 Å². The summed E-state index contributed by atoms with van der Waals surface area (Å²) in [6, 6.07) is 8.39. The molecule has 0 bridgehead atoms. The molecule has 134 valence electrons. The smallest absolute Gasteiger partial charge is 0.226 e. The first kappa shape index (κ1) is 15.6. The van der Waals surface area contributed by atoms with Gasteiger partial charge in [0.2, 0.25) is 5.91 Å². The van der Waals surface area contributed by atoms with E-state index in [0.29, 0.717) is 12.5 Å². The van der Waals surface area contributed by atoms with Crippen molar-refractivity contribution < 1.29 is 4.79 Å². The van der Waals surface area contributed by atoms with Gasteiger partial charge >= 0.3 is 0 Å². The van der Waals surface area contributed by atoms with Crippen molar-refractivity contribution in [2.75, 3.05) is 5.32 Å². The van der Waals surface area contributed by atoms with E-state index in [9.17, 15) is 4.79 Å². The number of carbonyl (C=O) groups is 1. The van der Waals surface area contributed by atoms with Crippen LogP contribution in [0.25, 0.3) is 11.0 Å². The van der Waals surface area contributed by atoms with Gasteiger partial charge in [-0.1, -0.05) is 31.4 Å². The molecule has 1 aromatic carbocycles. The molecule has 1 aliphatic heterocycles. The van der Waals surface area contributed by atoms with Crippen LogP contribution >= 0.6 is 0 Å². The average molecular weight is 349 g/mol. The van der Waals surface area contributed by atoms with Gasteiger partial charge in [-0.05, 0) is 31.9 Å². The molecular formula is C20H23N5O. The van der Waals surface area contributed by atoms with Crippen LogP contribution in [0.3, 0.4) is 0 Å². The third kappa shape index (κ3) is 2.43. The van der Waals surface area contributed by atoms with Crippen LogP contribution < -0.4 is 5.32 Å². The second kappa shape index (κ2) is 5.97. The molecule has 0 saturated heterocycles. The van der Waals surface area contributed by atoms with Crippen LogP contribution in [0, 0.1) is 6.92 Å². The largest absolute Gasteiger partial charge is 0.341 e. The molecule has 0 unspecified atom stereocenters. The SMILES string of the molecule is Cc1nn(C2CCCCC2)c2c1[C@@H](c1nc3ccccc3[nH]1)CC(=O)N2. The summed E-state index contributed by atoms with van der Waals surface area (Å²) >= 11 is 0. The van der Waals surface area contributed by atoms with E-state index in [4.69, 9.17) is 10.1 Å². The Bertz CT molecular complexity index is 946. The number of aryl methyl sites for hydroxylation is 1. The first-order chi connectivity index (χ1) is 12.7. The fourth-order valence-electron chi connectivity index (χ4n) is 4.53. The van der Waals surface area contributed by atoms with Gasteiger partial charge in [-0.15, -0.1) is 0 Å². The van der Waals surface area contributed by atoms with E-state index >= 15 is 0 Å². The summed E-state index contributed by atoms with van der Waals surface area (Å²) in [5.41, 5.74) is 4.06. The van der Waals surface area contributed by atoms with Gasteiger partial charge in [0.1, 0.15) is 11.6 Å². The number of para-hydroxylation sites is 2. The number of hydrogen-bond donors (Lipinski definition) is 2. The number of H-pyrrole nitrogens is 1. The van der Waals surface area contributed by atoms with Gasteiger partial charge in [-0.3, -0.25) is 4.79 Å². The van der Waals surface area contributed by atoms with Crippen molar-refractivity contribution in [1.29, 1.82) is 0 Å². The highest BCUT2D eigenvalue weighted by molar-refractivity contribution is 5.94. The summed E-state index contributed by atoms with van der Waals surface area (Å²) in [6.07, 6.45) is 6.45. The lowest BCUT2D eigenvalue weighted by atomic mass is 9.91. The second-order valence-electron chi connectivity index (χ2n) is 7.53. The number of fused-ring (bicyclic) bond motifs is 2. The minimum atomic E-state index is -0.0662. The highest BCUT2D eigenvalue weighted by Gasteiger charge is 2.35. The number of rotatable bonds is 2. The predicted octanol–water partition coefficient (Wildman–Crippen LogP) is 4.05. The monoisotopic (exact) mass is 349 g/mol. The standard InChI is InChI=1S/C20H23N5O/c1-12-18-14(19-21-15-9-5-6-10-16(15)22-19)11-17(26)23-20(18)25(24-12)13-7-3-2-4-8-13/h5-6,9-10,13-14H,2-4,7-8,11H2,1H3,(H,21,22)(H,23,26)/t14-/m0/s1. The minimum Gasteiger partial charge on any atom is -0.341 e. The zero-order chi connectivity index (χ0) is 17.7. The van der Waals surface area contributed by atoms with Gasteiger partial charge in [0.25, 0.3) is 0 Å². The van der Waals surface area contributed by atoms with E-state index < -0.39 is 0 Å². The maximum Gasteiger partial charge on any atom is 0.226 e. The van der Waals surface area contributed by atoms with Gasteiger partial charge in [0.05, 0.1) is 28.7 Å². The number of aromatic nitrogens is 4. The number of carbonyl (C=O) groups excluding carboxylic acids is 1. The van der Waals surface area contributed by atoms with Crippen molar-refractivity contribution in [2.45, 2.75) is 57.4 Å². The third-order valence-electron chi connectivity index (χ3n) is 5.79. The van der Waals surface area contributed by atoms with Crippen LogP contribution in [0.4, 0.5) is 5.82 Å². The van der Waals surface area contributed by atoms with Crippen LogP contribution in [-0.2, 0) is 4.79 Å². The minimum absolute atomic E-state index is 0.0416. The fourth-order valence-corrected chi connectivity index (χ4v) is 4.53. The van der Waals surface area contributed by atoms with Crippen LogP contribution in [0.1, 0.15) is 67.6 Å². The van der Waals surface area contributed by atoms with Crippen molar-refractivity contribution >= 4 is 22.8 Å². The van der Waals surface area contributed by atoms with Crippen LogP contribution in [0.5, 0.6) is 0 Å². The molecule has 1 aliphatic carbocycles. The van der Waals surface area contributed by atoms with Crippen LogP contribution in [0.2, 0.25) is 0 Å². The Hall–Kier alpha value is -2.63. The number of benzene rings is 1. The van der Waals surface area contributed by atoms with E-state index in [0.717, 1.165) is 46.8 Å². The number of amides is 1. The number of hydrogen-bond acceptors (Lipinski definition) is 3. The maximum atomic E-state index is 12.5. The molecule has 26 heavy (non-hydrogen) atoms. The molecule has 1 saturated carbocycles. The molecule has 1 amide bonds. The van der Waals surface area contributed by atoms with Gasteiger partial charge in [0, 0.05) is 12.0 Å². The van der Waals surface area contributed by atoms with E-state index in [1.54, 1.807) is 0 Å². The maximum absolute atomic E-state index is 12.5. The number of anilines is 1. The Balaban J connectivity index is 1.61. The molecular weight excluding hydrogens is 326 g/mol. The van der Waals surface area contributed by atoms with Crippen molar-refractivity contribution in [3.63, 3.8) is 0 Å². The second-order valence-corrected chi connectivity index (χ2v) is 7.53. The predicted molar refractivity (Wildman–Crippen MR) is 100 cm³/mol. The number of imidazole rings is 1. The average Bonchev–Trinajstić information content (AvgIpc) is 3.23. The Kier molecular flexibility index (Phi) is 3.58. The molecule has 1 atom stereocenters. The van der Waals surface area contributed by atoms with E-state index in [1.807, 2.05) is 31.2 Å². The highest BCUT2D eigenvalue weighted by Crippen LogP contribution is 2.41. The molecule has 6 nitrogen and oxygen atoms in total. The van der Waals surface area contributed by atoms with Crippen LogP contribution in [-0.4, -0.2) is 25.7 Å². The van der Waals surface area contributed by atoms with Crippen molar-refractivity contribution in [1.82, 2.24) is 19.7 Å². The first-order valence-corrected chi connectivity index (χ1v) is 9.54. The topological polar surface area (TPSA) is 75.6 Å². The highest BCUT2D eigenvalue weighted by atomic mass is 16.1. The molecule has 2 aliphatic rings. The summed E-state index contributed by atoms with van der Waals surface area (Å²) < 4.78 is 2.08. The van der Waals surface area contributed by atoms with Gasteiger partial charge in [-0.2, -0.15) is 5.10 Å². The van der Waals surface area contributed by atoms with Gasteiger partial charge < -0.3 is 10.3 Å². The molecule has 5 rings (SSSR count). The molecule has 0 spiro atoms. The Labute approximate surface area is 152 Å². The normalized spacial score (nSPS) is 21.0. The molecule has 3 aromatic rings. The number of aromatic amines is 1. The third-order valence-corrected chi connectivity index (χ3v) is 5.79. The van der Waals surface area contributed by atoms with E-state index in [-0.39, 0.29) is 11.8 Å². The van der Waals surface area contributed by atoms with Crippen molar-refractivity contribution in [2.24, 2.45) is 0 Å². The first-order valence-electron chi connectivity index (χ1n) is 9.54. The lowest BCUT2D eigenvalue weighted by Crippen LogP contribution is -2.27. The Morgan fingerprint density at radius 3 is 2.77 bits per heavy atom. The lowest BCUT2D eigenvalue weighted by Gasteiger charge is -2.27. The van der Waals surface area contributed by atoms with E-state index in [1.165, 1.54) is 19.3 Å². The number of nitrogens with one attached hydrogen (secondary N) is 2. The molecule has 2 N–H and O–H groups in total. The fraction of sp³-hybridized carbons (Fsp3) is 0.450. The van der Waals surface area contributed by atoms with Crippen LogP contribution in [0.15, 0.2) is 24.3 Å².